The van der Waals surface area contributed by atoms with Crippen molar-refractivity contribution in [2.75, 3.05) is 18.4 Å². The average molecular weight is 250 g/mol. The van der Waals surface area contributed by atoms with E-state index in [0.717, 1.165) is 30.8 Å². The molecule has 1 saturated heterocycles. The Balaban J connectivity index is 1.76. The quantitative estimate of drug-likeness (QED) is 0.762. The number of aryl methyl sites for hydroxylation is 1. The van der Waals surface area contributed by atoms with E-state index in [1.54, 1.807) is 0 Å². The molecule has 0 aliphatic carbocycles. The number of rotatable bonds is 4. The highest BCUT2D eigenvalue weighted by Gasteiger charge is 2.15. The van der Waals surface area contributed by atoms with E-state index in [2.05, 4.69) is 20.8 Å². The second-order valence-electron chi connectivity index (χ2n) is 5.10. The van der Waals surface area contributed by atoms with Crippen molar-refractivity contribution in [2.45, 2.75) is 39.5 Å². The van der Waals surface area contributed by atoms with Crippen molar-refractivity contribution in [3.8, 4) is 0 Å². The van der Waals surface area contributed by atoms with Crippen LogP contribution in [0.1, 0.15) is 36.9 Å². The minimum absolute atomic E-state index is 0.0723. The number of nitrogens with zero attached hydrogens (tertiary/aromatic N) is 1. The van der Waals surface area contributed by atoms with Gasteiger partial charge in [-0.3, -0.25) is 9.89 Å². The third-order valence-corrected chi connectivity index (χ3v) is 3.75. The van der Waals surface area contributed by atoms with E-state index in [9.17, 15) is 4.79 Å². The fourth-order valence-corrected chi connectivity index (χ4v) is 2.31. The molecule has 0 saturated carbocycles. The summed E-state index contributed by atoms with van der Waals surface area (Å²) >= 11 is 0. The second kappa shape index (κ2) is 6.00. The van der Waals surface area contributed by atoms with Crippen LogP contribution in [0.15, 0.2) is 0 Å². The topological polar surface area (TPSA) is 69.8 Å². The van der Waals surface area contributed by atoms with Gasteiger partial charge in [-0.05, 0) is 52.1 Å². The van der Waals surface area contributed by atoms with Crippen molar-refractivity contribution < 1.29 is 4.79 Å². The summed E-state index contributed by atoms with van der Waals surface area (Å²) in [5.74, 6) is 1.44. The summed E-state index contributed by atoms with van der Waals surface area (Å²) < 4.78 is 0. The molecule has 1 amide bonds. The first-order chi connectivity index (χ1) is 8.66. The van der Waals surface area contributed by atoms with Crippen molar-refractivity contribution in [2.24, 2.45) is 5.92 Å². The first-order valence-corrected chi connectivity index (χ1v) is 6.69. The Labute approximate surface area is 108 Å². The van der Waals surface area contributed by atoms with Crippen molar-refractivity contribution in [1.82, 2.24) is 15.5 Å². The summed E-state index contributed by atoms with van der Waals surface area (Å²) in [5.41, 5.74) is 2.02. The van der Waals surface area contributed by atoms with Crippen molar-refractivity contribution >= 4 is 11.7 Å². The minimum atomic E-state index is 0.0723. The third-order valence-electron chi connectivity index (χ3n) is 3.75. The van der Waals surface area contributed by atoms with Crippen LogP contribution in [0.5, 0.6) is 0 Å². The van der Waals surface area contributed by atoms with Crippen molar-refractivity contribution in [3.05, 3.63) is 11.3 Å². The van der Waals surface area contributed by atoms with Gasteiger partial charge in [-0.2, -0.15) is 5.10 Å². The molecule has 1 fully saturated rings. The molecule has 100 valence electrons. The molecule has 1 aromatic rings. The molecule has 1 aromatic heterocycles. The first-order valence-electron chi connectivity index (χ1n) is 6.69. The predicted octanol–water partition coefficient (Wildman–Crippen LogP) is 1.74. The zero-order valence-corrected chi connectivity index (χ0v) is 11.2. The molecule has 0 aromatic carbocycles. The Morgan fingerprint density at radius 3 is 2.72 bits per heavy atom. The van der Waals surface area contributed by atoms with Gasteiger partial charge >= 0.3 is 0 Å². The Morgan fingerprint density at radius 1 is 1.39 bits per heavy atom. The fourth-order valence-electron chi connectivity index (χ4n) is 2.31. The standard InChI is InChI=1S/C13H22N4O/c1-9-10(2)16-17-13(9)15-12(18)4-3-11-5-7-14-8-6-11/h11,14H,3-8H2,1-2H3,(H2,15,16,17,18). The Bertz CT molecular complexity index is 407. The van der Waals surface area contributed by atoms with E-state index in [1.165, 1.54) is 12.8 Å². The van der Waals surface area contributed by atoms with Gasteiger partial charge in [0, 0.05) is 17.7 Å². The van der Waals surface area contributed by atoms with Crippen LogP contribution in [0.2, 0.25) is 0 Å². The number of piperidine rings is 1. The summed E-state index contributed by atoms with van der Waals surface area (Å²) in [6, 6.07) is 0. The van der Waals surface area contributed by atoms with Gasteiger partial charge in [0.05, 0.1) is 0 Å². The van der Waals surface area contributed by atoms with Gasteiger partial charge in [0.15, 0.2) is 5.82 Å². The number of carbonyl (C=O) groups excluding carboxylic acids is 1. The smallest absolute Gasteiger partial charge is 0.225 e. The Kier molecular flexibility index (Phi) is 4.36. The van der Waals surface area contributed by atoms with E-state index in [-0.39, 0.29) is 5.91 Å². The summed E-state index contributed by atoms with van der Waals surface area (Å²) in [5, 5.41) is 13.2. The Morgan fingerprint density at radius 2 is 2.11 bits per heavy atom. The highest BCUT2D eigenvalue weighted by Crippen LogP contribution is 2.19. The van der Waals surface area contributed by atoms with Crippen LogP contribution in [0.25, 0.3) is 0 Å². The molecule has 0 bridgehead atoms. The van der Waals surface area contributed by atoms with Crippen molar-refractivity contribution in [3.63, 3.8) is 0 Å². The van der Waals surface area contributed by atoms with E-state index in [4.69, 9.17) is 0 Å². The third kappa shape index (κ3) is 3.32. The fraction of sp³-hybridized carbons (Fsp3) is 0.692. The van der Waals surface area contributed by atoms with E-state index < -0.39 is 0 Å². The molecule has 5 nitrogen and oxygen atoms in total. The number of hydrogen-bond donors (Lipinski definition) is 3. The highest BCUT2D eigenvalue weighted by molar-refractivity contribution is 5.90. The van der Waals surface area contributed by atoms with Crippen LogP contribution >= 0.6 is 0 Å². The van der Waals surface area contributed by atoms with Gasteiger partial charge in [0.25, 0.3) is 0 Å². The molecule has 5 heteroatoms. The van der Waals surface area contributed by atoms with Gasteiger partial charge < -0.3 is 10.6 Å². The number of hydrogen-bond acceptors (Lipinski definition) is 3. The molecule has 3 N–H and O–H groups in total. The van der Waals surface area contributed by atoms with Crippen molar-refractivity contribution in [1.29, 1.82) is 0 Å². The van der Waals surface area contributed by atoms with Crippen LogP contribution in [0.3, 0.4) is 0 Å². The first kappa shape index (κ1) is 13.1. The maximum Gasteiger partial charge on any atom is 0.225 e. The highest BCUT2D eigenvalue weighted by atomic mass is 16.1. The molecule has 1 aliphatic rings. The number of nitrogens with one attached hydrogen (secondary N) is 3. The minimum Gasteiger partial charge on any atom is -0.317 e. The van der Waals surface area contributed by atoms with Crippen LogP contribution < -0.4 is 10.6 Å². The molecule has 2 heterocycles. The number of H-pyrrole nitrogens is 1. The lowest BCUT2D eigenvalue weighted by Crippen LogP contribution is -2.28. The average Bonchev–Trinajstić information content (AvgIpc) is 2.70. The summed E-state index contributed by atoms with van der Waals surface area (Å²) in [7, 11) is 0. The number of amides is 1. The monoisotopic (exact) mass is 250 g/mol. The molecule has 0 radical (unpaired) electrons. The molecular weight excluding hydrogens is 228 g/mol. The predicted molar refractivity (Wildman–Crippen MR) is 71.5 cm³/mol. The van der Waals surface area contributed by atoms with Crippen LogP contribution in [0.4, 0.5) is 5.82 Å². The largest absolute Gasteiger partial charge is 0.317 e. The van der Waals surface area contributed by atoms with Gasteiger partial charge in [-0.15, -0.1) is 0 Å². The lowest BCUT2D eigenvalue weighted by molar-refractivity contribution is -0.116. The molecule has 18 heavy (non-hydrogen) atoms. The molecule has 1 aliphatic heterocycles. The number of anilines is 1. The van der Waals surface area contributed by atoms with Gasteiger partial charge in [-0.1, -0.05) is 0 Å². The van der Waals surface area contributed by atoms with Crippen LogP contribution in [-0.4, -0.2) is 29.2 Å². The van der Waals surface area contributed by atoms with E-state index >= 15 is 0 Å². The molecule has 0 spiro atoms. The van der Waals surface area contributed by atoms with Crippen LogP contribution in [-0.2, 0) is 4.79 Å². The second-order valence-corrected chi connectivity index (χ2v) is 5.10. The molecule has 2 rings (SSSR count). The Hall–Kier alpha value is -1.36. The molecule has 0 unspecified atom stereocenters. The zero-order valence-electron chi connectivity index (χ0n) is 11.2. The SMILES string of the molecule is Cc1[nH]nc(NC(=O)CCC2CCNCC2)c1C. The van der Waals surface area contributed by atoms with Gasteiger partial charge in [0.2, 0.25) is 5.91 Å². The maximum atomic E-state index is 11.8. The maximum absolute atomic E-state index is 11.8. The van der Waals surface area contributed by atoms with Gasteiger partial charge in [0.1, 0.15) is 0 Å². The van der Waals surface area contributed by atoms with Crippen LogP contribution in [0, 0.1) is 19.8 Å². The number of carbonyl (C=O) groups is 1. The molecular formula is C13H22N4O. The summed E-state index contributed by atoms with van der Waals surface area (Å²) in [4.78, 5) is 11.8. The van der Waals surface area contributed by atoms with Gasteiger partial charge in [-0.25, -0.2) is 0 Å². The lowest BCUT2D eigenvalue weighted by Gasteiger charge is -2.22. The lowest BCUT2D eigenvalue weighted by atomic mass is 9.93. The summed E-state index contributed by atoms with van der Waals surface area (Å²) in [6.07, 6.45) is 3.95. The normalized spacial score (nSPS) is 16.8. The number of aromatic amines is 1. The molecule has 0 atom stereocenters. The van der Waals surface area contributed by atoms with E-state index in [1.807, 2.05) is 13.8 Å². The zero-order chi connectivity index (χ0) is 13.0. The summed E-state index contributed by atoms with van der Waals surface area (Å²) in [6.45, 7) is 6.09. The van der Waals surface area contributed by atoms with E-state index in [0.29, 0.717) is 18.2 Å². The number of aromatic nitrogens is 2.